The van der Waals surface area contributed by atoms with Crippen LogP contribution in [0.5, 0.6) is 5.75 Å². The Morgan fingerprint density at radius 3 is 2.91 bits per heavy atom. The van der Waals surface area contributed by atoms with E-state index in [-0.39, 0.29) is 11.6 Å². The Labute approximate surface area is 201 Å². The number of carboxylic acid groups (broad SMARTS) is 1. The molecule has 2 aromatic heterocycles. The molecule has 1 saturated heterocycles. The molecule has 1 atom stereocenters. The van der Waals surface area contributed by atoms with Crippen molar-refractivity contribution >= 4 is 38.3 Å². The molecule has 3 N–H and O–H groups in total. The first kappa shape index (κ1) is 22.6. The van der Waals surface area contributed by atoms with E-state index < -0.39 is 5.97 Å². The molecular formula is C26H27N3O4S. The number of carbonyl (C=O) groups is 1. The molecule has 34 heavy (non-hydrogen) atoms. The van der Waals surface area contributed by atoms with Crippen LogP contribution in [-0.2, 0) is 0 Å². The second kappa shape index (κ2) is 9.97. The summed E-state index contributed by atoms with van der Waals surface area (Å²) in [7, 11) is 0. The third-order valence-electron chi connectivity index (χ3n) is 6.32. The highest BCUT2D eigenvalue weighted by molar-refractivity contribution is 7.20. The number of hydrogen-bond donors (Lipinski definition) is 3. The van der Waals surface area contributed by atoms with Gasteiger partial charge in [0.15, 0.2) is 0 Å². The highest BCUT2D eigenvalue weighted by Gasteiger charge is 2.25. The highest BCUT2D eigenvalue weighted by atomic mass is 32.1. The number of H-pyrrole nitrogens is 1. The number of benzene rings is 2. The Morgan fingerprint density at radius 2 is 2.03 bits per heavy atom. The fourth-order valence-corrected chi connectivity index (χ4v) is 5.56. The Balaban J connectivity index is 1.20. The second-order valence-corrected chi connectivity index (χ2v) is 9.64. The molecule has 0 amide bonds. The van der Waals surface area contributed by atoms with Gasteiger partial charge in [0.05, 0.1) is 12.1 Å². The van der Waals surface area contributed by atoms with Crippen LogP contribution in [0.15, 0.2) is 59.4 Å². The molecule has 1 fully saturated rings. The Hall–Kier alpha value is -3.20. The Kier molecular flexibility index (Phi) is 6.62. The van der Waals surface area contributed by atoms with Gasteiger partial charge in [-0.25, -0.2) is 4.79 Å². The molecule has 0 radical (unpaired) electrons. The summed E-state index contributed by atoms with van der Waals surface area (Å²) < 4.78 is 6.95. The van der Waals surface area contributed by atoms with Gasteiger partial charge in [-0.3, -0.25) is 9.69 Å². The lowest BCUT2D eigenvalue weighted by Crippen LogP contribution is -2.46. The van der Waals surface area contributed by atoms with Crippen LogP contribution in [0.3, 0.4) is 0 Å². The molecule has 176 valence electrons. The topological polar surface area (TPSA) is 94.7 Å². The Morgan fingerprint density at radius 1 is 1.15 bits per heavy atom. The smallest absolute Gasteiger partial charge is 0.345 e. The summed E-state index contributed by atoms with van der Waals surface area (Å²) in [5, 5.41) is 14.9. The molecule has 1 aliphatic rings. The zero-order valence-electron chi connectivity index (χ0n) is 18.8. The first-order valence-corrected chi connectivity index (χ1v) is 12.4. The predicted octanol–water partition coefficient (Wildman–Crippen LogP) is 4.25. The number of rotatable bonds is 8. The summed E-state index contributed by atoms with van der Waals surface area (Å²) in [5.74, 6) is -0.115. The predicted molar refractivity (Wildman–Crippen MR) is 135 cm³/mol. The molecule has 8 heteroatoms. The van der Waals surface area contributed by atoms with Gasteiger partial charge in [0, 0.05) is 42.5 Å². The van der Waals surface area contributed by atoms with Gasteiger partial charge in [0.2, 0.25) is 5.56 Å². The maximum Gasteiger partial charge on any atom is 0.345 e. The van der Waals surface area contributed by atoms with Gasteiger partial charge < -0.3 is 20.1 Å². The van der Waals surface area contributed by atoms with Crippen LogP contribution in [0.2, 0.25) is 0 Å². The number of fused-ring (bicyclic) bond motifs is 2. The van der Waals surface area contributed by atoms with E-state index in [9.17, 15) is 14.7 Å². The molecule has 0 spiro atoms. The van der Waals surface area contributed by atoms with Crippen molar-refractivity contribution in [2.24, 2.45) is 0 Å². The fourth-order valence-electron chi connectivity index (χ4n) is 4.63. The van der Waals surface area contributed by atoms with Crippen molar-refractivity contribution in [1.82, 2.24) is 15.2 Å². The van der Waals surface area contributed by atoms with E-state index in [0.29, 0.717) is 11.5 Å². The van der Waals surface area contributed by atoms with Gasteiger partial charge in [-0.2, -0.15) is 0 Å². The van der Waals surface area contributed by atoms with E-state index in [1.807, 2.05) is 36.4 Å². The summed E-state index contributed by atoms with van der Waals surface area (Å²) in [6, 6.07) is 17.3. The quantitative estimate of drug-likeness (QED) is 0.329. The number of ether oxygens (including phenoxy) is 1. The summed E-state index contributed by atoms with van der Waals surface area (Å²) >= 11 is 1.33. The van der Waals surface area contributed by atoms with Crippen LogP contribution in [0.25, 0.3) is 21.0 Å². The number of aromatic nitrogens is 1. The molecule has 0 bridgehead atoms. The SMILES string of the molecule is O=C(O)c1cc2c(C3CNCCN3CCCCOc3ccc4ccc(=O)[nH]c4c3)cccc2s1. The Bertz CT molecular complexity index is 1380. The third-order valence-corrected chi connectivity index (χ3v) is 7.41. The second-order valence-electron chi connectivity index (χ2n) is 8.56. The van der Waals surface area contributed by atoms with Crippen LogP contribution in [0.4, 0.5) is 0 Å². The number of aromatic amines is 1. The molecule has 2 aromatic carbocycles. The van der Waals surface area contributed by atoms with Crippen molar-refractivity contribution in [2.75, 3.05) is 32.8 Å². The number of nitrogens with one attached hydrogen (secondary N) is 2. The van der Waals surface area contributed by atoms with Gasteiger partial charge in [-0.15, -0.1) is 11.3 Å². The van der Waals surface area contributed by atoms with Crippen molar-refractivity contribution in [3.05, 3.63) is 75.4 Å². The average molecular weight is 478 g/mol. The van der Waals surface area contributed by atoms with Crippen molar-refractivity contribution < 1.29 is 14.6 Å². The molecule has 7 nitrogen and oxygen atoms in total. The first-order chi connectivity index (χ1) is 16.6. The third kappa shape index (κ3) is 4.84. The number of nitrogens with zero attached hydrogens (tertiary/aromatic N) is 1. The van der Waals surface area contributed by atoms with Crippen molar-refractivity contribution in [3.8, 4) is 5.75 Å². The molecule has 0 aliphatic carbocycles. The van der Waals surface area contributed by atoms with Crippen LogP contribution in [0, 0.1) is 0 Å². The summed E-state index contributed by atoms with van der Waals surface area (Å²) in [5.41, 5.74) is 1.85. The standard InChI is InChI=1S/C26H27N3O4S/c30-25-9-7-17-6-8-18(14-21(17)28-25)33-13-2-1-11-29-12-10-27-16-22(29)19-4-3-5-23-20(19)15-24(34-23)26(31)32/h3-9,14-15,22,27H,1-2,10-13,16H2,(H,28,30)(H,31,32). The minimum absolute atomic E-state index is 0.118. The van der Waals surface area contributed by atoms with Gasteiger partial charge in [-0.05, 0) is 66.1 Å². The van der Waals surface area contributed by atoms with Crippen LogP contribution in [0.1, 0.15) is 34.1 Å². The first-order valence-electron chi connectivity index (χ1n) is 11.5. The maximum atomic E-state index is 11.5. The lowest BCUT2D eigenvalue weighted by molar-refractivity contribution is 0.0702. The van der Waals surface area contributed by atoms with E-state index >= 15 is 0 Å². The highest BCUT2D eigenvalue weighted by Crippen LogP contribution is 2.34. The van der Waals surface area contributed by atoms with Crippen molar-refractivity contribution in [2.45, 2.75) is 18.9 Å². The number of pyridine rings is 1. The van der Waals surface area contributed by atoms with Crippen LogP contribution < -0.4 is 15.6 Å². The molecule has 5 rings (SSSR count). The van der Waals surface area contributed by atoms with Gasteiger partial charge >= 0.3 is 5.97 Å². The maximum absolute atomic E-state index is 11.5. The molecular weight excluding hydrogens is 450 g/mol. The van der Waals surface area contributed by atoms with Gasteiger partial charge in [0.1, 0.15) is 10.6 Å². The summed E-state index contributed by atoms with van der Waals surface area (Å²) in [6.07, 6.45) is 1.92. The minimum atomic E-state index is -0.872. The van der Waals surface area contributed by atoms with Crippen LogP contribution >= 0.6 is 11.3 Å². The van der Waals surface area contributed by atoms with E-state index in [2.05, 4.69) is 21.3 Å². The molecule has 0 saturated carbocycles. The lowest BCUT2D eigenvalue weighted by Gasteiger charge is -2.37. The minimum Gasteiger partial charge on any atom is -0.494 e. The number of thiophene rings is 1. The monoisotopic (exact) mass is 477 g/mol. The average Bonchev–Trinajstić information content (AvgIpc) is 3.29. The molecule has 4 aromatic rings. The van der Waals surface area contributed by atoms with Gasteiger partial charge in [-0.1, -0.05) is 12.1 Å². The lowest BCUT2D eigenvalue weighted by atomic mass is 9.99. The molecule has 1 aliphatic heterocycles. The zero-order valence-corrected chi connectivity index (χ0v) is 19.6. The molecule has 3 heterocycles. The van der Waals surface area contributed by atoms with E-state index in [4.69, 9.17) is 4.74 Å². The zero-order chi connectivity index (χ0) is 23.5. The van der Waals surface area contributed by atoms with Gasteiger partial charge in [0.25, 0.3) is 0 Å². The fraction of sp³-hybridized carbons (Fsp3) is 0.308. The van der Waals surface area contributed by atoms with Crippen molar-refractivity contribution in [1.29, 1.82) is 0 Å². The number of hydrogen-bond acceptors (Lipinski definition) is 6. The number of piperazine rings is 1. The number of aromatic carboxylic acids is 1. The van der Waals surface area contributed by atoms with E-state index in [0.717, 1.165) is 65.8 Å². The number of unbranched alkanes of at least 4 members (excludes halogenated alkanes) is 1. The van der Waals surface area contributed by atoms with Crippen LogP contribution in [-0.4, -0.2) is 53.7 Å². The van der Waals surface area contributed by atoms with E-state index in [1.165, 1.54) is 23.0 Å². The normalized spacial score (nSPS) is 16.8. The summed E-state index contributed by atoms with van der Waals surface area (Å²) in [4.78, 5) is 28.7. The molecule has 1 unspecified atom stereocenters. The summed E-state index contributed by atoms with van der Waals surface area (Å²) in [6.45, 7) is 4.32. The largest absolute Gasteiger partial charge is 0.494 e. The van der Waals surface area contributed by atoms with Crippen molar-refractivity contribution in [3.63, 3.8) is 0 Å². The number of carboxylic acids is 1. The van der Waals surface area contributed by atoms with E-state index in [1.54, 1.807) is 6.07 Å².